The second-order valence-corrected chi connectivity index (χ2v) is 7.05. The van der Waals surface area contributed by atoms with Gasteiger partial charge >= 0.3 is 0 Å². The van der Waals surface area contributed by atoms with Crippen LogP contribution in [0.3, 0.4) is 0 Å². The molecule has 6 heteroatoms. The molecule has 1 aliphatic heterocycles. The molecule has 1 aliphatic rings. The van der Waals surface area contributed by atoms with Gasteiger partial charge < -0.3 is 4.98 Å². The van der Waals surface area contributed by atoms with Gasteiger partial charge in [-0.3, -0.25) is 9.59 Å². The minimum Gasteiger partial charge on any atom is -0.348 e. The first kappa shape index (κ1) is 17.0. The van der Waals surface area contributed by atoms with Crippen molar-refractivity contribution in [1.29, 1.82) is 0 Å². The number of hydrogen-bond acceptors (Lipinski definition) is 3. The van der Waals surface area contributed by atoms with Crippen LogP contribution in [-0.4, -0.2) is 33.2 Å². The van der Waals surface area contributed by atoms with E-state index >= 15 is 0 Å². The van der Waals surface area contributed by atoms with E-state index in [-0.39, 0.29) is 23.3 Å². The Kier molecular flexibility index (Phi) is 4.44. The summed E-state index contributed by atoms with van der Waals surface area (Å²) in [6, 6.07) is 9.43. The van der Waals surface area contributed by atoms with Crippen LogP contribution < -0.4 is 0 Å². The first-order chi connectivity index (χ1) is 11.8. The average molecular weight is 336 g/mol. The Labute approximate surface area is 146 Å². The number of aromatic amines is 1. The van der Waals surface area contributed by atoms with E-state index in [9.17, 15) is 9.59 Å². The predicted octanol–water partition coefficient (Wildman–Crippen LogP) is 2.44. The normalized spacial score (nSPS) is 15.2. The Bertz CT molecular complexity index is 870. The molecule has 0 atom stereocenters. The van der Waals surface area contributed by atoms with Crippen molar-refractivity contribution < 1.29 is 9.59 Å². The van der Waals surface area contributed by atoms with Crippen LogP contribution in [0, 0.1) is 0 Å². The number of imidazole rings is 1. The van der Waals surface area contributed by atoms with E-state index in [1.807, 2.05) is 51.1 Å². The van der Waals surface area contributed by atoms with Crippen LogP contribution in [0.1, 0.15) is 37.7 Å². The van der Waals surface area contributed by atoms with Crippen molar-refractivity contribution in [3.05, 3.63) is 53.6 Å². The van der Waals surface area contributed by atoms with Crippen molar-refractivity contribution in [3.63, 3.8) is 0 Å². The van der Waals surface area contributed by atoms with Crippen molar-refractivity contribution >= 4 is 23.2 Å². The zero-order valence-corrected chi connectivity index (χ0v) is 14.5. The number of aliphatic imine (C=N–C) groups is 2. The van der Waals surface area contributed by atoms with Gasteiger partial charge in [0.2, 0.25) is 0 Å². The fraction of sp³-hybridized carbons (Fsp3) is 0.316. The average Bonchev–Trinajstić information content (AvgIpc) is 3.02. The van der Waals surface area contributed by atoms with E-state index in [2.05, 4.69) is 20.0 Å². The molecule has 1 aromatic heterocycles. The number of carbonyl (C=O) groups is 2. The molecule has 1 aromatic carbocycles. The van der Waals surface area contributed by atoms with Crippen molar-refractivity contribution in [2.45, 2.75) is 39.0 Å². The number of amides is 2. The van der Waals surface area contributed by atoms with Crippen LogP contribution in [0.4, 0.5) is 0 Å². The Balaban J connectivity index is 1.78. The molecule has 2 aromatic rings. The lowest BCUT2D eigenvalue weighted by Gasteiger charge is -2.18. The topological polar surface area (TPSA) is 87.5 Å². The van der Waals surface area contributed by atoms with E-state index in [1.165, 1.54) is 0 Å². The summed E-state index contributed by atoms with van der Waals surface area (Å²) in [6.07, 6.45) is 2.12. The molecule has 3 rings (SSSR count). The van der Waals surface area contributed by atoms with Gasteiger partial charge in [-0.25, -0.2) is 15.0 Å². The molecule has 0 spiro atoms. The minimum atomic E-state index is -0.458. The molecule has 25 heavy (non-hydrogen) atoms. The molecule has 0 fully saturated rings. The van der Waals surface area contributed by atoms with Gasteiger partial charge in [0.05, 0.1) is 12.0 Å². The summed E-state index contributed by atoms with van der Waals surface area (Å²) in [5.74, 6) is -0.907. The first-order valence-electron chi connectivity index (χ1n) is 8.15. The lowest BCUT2D eigenvalue weighted by atomic mass is 9.89. The van der Waals surface area contributed by atoms with Gasteiger partial charge in [0.1, 0.15) is 11.4 Å². The number of benzene rings is 1. The number of hydrogen-bond donors (Lipinski definition) is 1. The lowest BCUT2D eigenvalue weighted by Crippen LogP contribution is -2.29. The maximum absolute atomic E-state index is 12.3. The molecule has 0 unspecified atom stereocenters. The molecule has 0 aliphatic carbocycles. The smallest absolute Gasteiger partial charge is 0.292 e. The maximum Gasteiger partial charge on any atom is 0.292 e. The van der Waals surface area contributed by atoms with Crippen LogP contribution in [0.5, 0.6) is 0 Å². The highest BCUT2D eigenvalue weighted by Gasteiger charge is 2.27. The summed E-state index contributed by atoms with van der Waals surface area (Å²) in [4.78, 5) is 39.9. The molecular formula is C19H20N4O2. The molecular weight excluding hydrogens is 316 g/mol. The molecule has 2 heterocycles. The second-order valence-electron chi connectivity index (χ2n) is 7.05. The number of rotatable bonds is 4. The maximum atomic E-state index is 12.3. The summed E-state index contributed by atoms with van der Waals surface area (Å²) < 4.78 is 0. The van der Waals surface area contributed by atoms with Crippen LogP contribution >= 0.6 is 0 Å². The third-order valence-corrected chi connectivity index (χ3v) is 3.95. The standard InChI is InChI=1S/C19H20N4O2/c1-19(2,3)16-13(20-11-21-16)10-15-18(25)22-14(17(24)23-15)9-12-7-5-4-6-8-12/h4-8,11H,9-10H2,1-3H3,(H,20,21). The van der Waals surface area contributed by atoms with Gasteiger partial charge in [-0.05, 0) is 5.56 Å². The summed E-state index contributed by atoms with van der Waals surface area (Å²) in [6.45, 7) is 6.12. The van der Waals surface area contributed by atoms with Crippen LogP contribution in [0.25, 0.3) is 0 Å². The van der Waals surface area contributed by atoms with Crippen LogP contribution in [0.2, 0.25) is 0 Å². The Morgan fingerprint density at radius 3 is 2.12 bits per heavy atom. The predicted molar refractivity (Wildman–Crippen MR) is 96.0 cm³/mol. The zero-order chi connectivity index (χ0) is 18.0. The molecule has 1 N–H and O–H groups in total. The van der Waals surface area contributed by atoms with E-state index < -0.39 is 11.8 Å². The molecule has 0 radical (unpaired) electrons. The van der Waals surface area contributed by atoms with Gasteiger partial charge in [0.15, 0.2) is 0 Å². The highest BCUT2D eigenvalue weighted by molar-refractivity contribution is 6.54. The number of carbonyl (C=O) groups excluding carboxylic acids is 2. The summed E-state index contributed by atoms with van der Waals surface area (Å²) >= 11 is 0. The summed E-state index contributed by atoms with van der Waals surface area (Å²) in [5, 5.41) is 0. The van der Waals surface area contributed by atoms with E-state index in [4.69, 9.17) is 0 Å². The van der Waals surface area contributed by atoms with E-state index in [0.717, 1.165) is 17.0 Å². The van der Waals surface area contributed by atoms with Gasteiger partial charge in [-0.15, -0.1) is 0 Å². The molecule has 0 saturated carbocycles. The van der Waals surface area contributed by atoms with E-state index in [0.29, 0.717) is 6.42 Å². The first-order valence-corrected chi connectivity index (χ1v) is 8.15. The Morgan fingerprint density at radius 1 is 0.920 bits per heavy atom. The van der Waals surface area contributed by atoms with Gasteiger partial charge in [0.25, 0.3) is 11.8 Å². The molecule has 2 amide bonds. The van der Waals surface area contributed by atoms with Crippen molar-refractivity contribution in [1.82, 2.24) is 9.97 Å². The zero-order valence-electron chi connectivity index (χ0n) is 14.5. The van der Waals surface area contributed by atoms with Crippen LogP contribution in [-0.2, 0) is 27.8 Å². The molecule has 128 valence electrons. The third-order valence-electron chi connectivity index (χ3n) is 3.95. The van der Waals surface area contributed by atoms with Crippen molar-refractivity contribution in [2.75, 3.05) is 0 Å². The van der Waals surface area contributed by atoms with Crippen molar-refractivity contribution in [2.24, 2.45) is 9.98 Å². The highest BCUT2D eigenvalue weighted by Crippen LogP contribution is 2.23. The fourth-order valence-corrected chi connectivity index (χ4v) is 2.76. The van der Waals surface area contributed by atoms with Crippen molar-refractivity contribution in [3.8, 4) is 0 Å². The number of H-pyrrole nitrogens is 1. The lowest BCUT2D eigenvalue weighted by molar-refractivity contribution is -0.115. The number of aromatic nitrogens is 2. The highest BCUT2D eigenvalue weighted by atomic mass is 16.2. The fourth-order valence-electron chi connectivity index (χ4n) is 2.76. The second kappa shape index (κ2) is 6.55. The number of nitrogens with one attached hydrogen (secondary N) is 1. The van der Waals surface area contributed by atoms with Gasteiger partial charge in [-0.1, -0.05) is 51.1 Å². The van der Waals surface area contributed by atoms with Crippen LogP contribution in [0.15, 0.2) is 46.6 Å². The monoisotopic (exact) mass is 336 g/mol. The quantitative estimate of drug-likeness (QED) is 0.930. The van der Waals surface area contributed by atoms with Gasteiger partial charge in [-0.2, -0.15) is 0 Å². The molecule has 0 bridgehead atoms. The number of nitrogens with zero attached hydrogens (tertiary/aromatic N) is 3. The SMILES string of the molecule is CC(C)(C)c1nc[nH]c1CC1=NC(=O)C(Cc2ccccc2)=NC1=O. The summed E-state index contributed by atoms with van der Waals surface area (Å²) in [5.41, 5.74) is 2.73. The van der Waals surface area contributed by atoms with E-state index in [1.54, 1.807) is 6.33 Å². The third kappa shape index (κ3) is 3.79. The van der Waals surface area contributed by atoms with Gasteiger partial charge in [0, 0.05) is 24.0 Å². The molecule has 0 saturated heterocycles. The Hall–Kier alpha value is -2.89. The largest absolute Gasteiger partial charge is 0.348 e. The summed E-state index contributed by atoms with van der Waals surface area (Å²) in [7, 11) is 0. The molecule has 6 nitrogen and oxygen atoms in total. The Morgan fingerprint density at radius 2 is 1.52 bits per heavy atom. The minimum absolute atomic E-state index is 0.150.